The molecule has 2 aromatic carbocycles. The lowest BCUT2D eigenvalue weighted by Gasteiger charge is -2.12. The summed E-state index contributed by atoms with van der Waals surface area (Å²) in [7, 11) is 0. The summed E-state index contributed by atoms with van der Waals surface area (Å²) in [5.41, 5.74) is 2.11. The summed E-state index contributed by atoms with van der Waals surface area (Å²) in [6.45, 7) is 0.759. The van der Waals surface area contributed by atoms with E-state index in [4.69, 9.17) is 32.7 Å². The number of ether oxygens (including phenoxy) is 2. The number of hydrogen-bond donors (Lipinski definition) is 1. The molecule has 0 amide bonds. The van der Waals surface area contributed by atoms with Crippen molar-refractivity contribution in [2.45, 2.75) is 19.1 Å². The Bertz CT molecular complexity index is 1080. The van der Waals surface area contributed by atoms with Gasteiger partial charge in [0.2, 0.25) is 0 Å². The molecule has 4 rings (SSSR count). The summed E-state index contributed by atoms with van der Waals surface area (Å²) in [5, 5.41) is 10.2. The largest absolute Gasteiger partial charge is 0.490 e. The van der Waals surface area contributed by atoms with Crippen LogP contribution in [0.4, 0.5) is 0 Å². The SMILES string of the molecule is O=c1cc(CCO)n2c(n1)OC(COc1ccc(-c3cccc(Cl)c3Cl)cc1)C2. The summed E-state index contributed by atoms with van der Waals surface area (Å²) in [6.07, 6.45) is 0.0960. The average molecular weight is 433 g/mol. The summed E-state index contributed by atoms with van der Waals surface area (Å²) in [5.74, 6) is 0.685. The molecular weight excluding hydrogens is 415 g/mol. The number of nitrogens with zero attached hydrogens (tertiary/aromatic N) is 2. The molecule has 0 aliphatic carbocycles. The maximum absolute atomic E-state index is 11.7. The molecule has 8 heteroatoms. The number of hydrogen-bond acceptors (Lipinski definition) is 5. The average Bonchev–Trinajstić information content (AvgIpc) is 3.12. The van der Waals surface area contributed by atoms with Crippen LogP contribution in [0.3, 0.4) is 0 Å². The highest BCUT2D eigenvalue weighted by molar-refractivity contribution is 6.43. The maximum atomic E-state index is 11.7. The standard InChI is InChI=1S/C21H18Cl2N2O4/c22-18-3-1-2-17(20(18)23)13-4-6-15(7-5-13)28-12-16-11-25-14(8-9-26)10-19(27)24-21(25)29-16/h1-7,10,16,26H,8-9,11-12H2. The third kappa shape index (κ3) is 4.24. The third-order valence-corrected chi connectivity index (χ3v) is 5.47. The van der Waals surface area contributed by atoms with Gasteiger partial charge in [0, 0.05) is 30.4 Å². The van der Waals surface area contributed by atoms with Gasteiger partial charge in [-0.1, -0.05) is 47.5 Å². The van der Waals surface area contributed by atoms with Crippen LogP contribution in [0.2, 0.25) is 10.0 Å². The van der Waals surface area contributed by atoms with Gasteiger partial charge in [0.15, 0.2) is 6.10 Å². The van der Waals surface area contributed by atoms with Gasteiger partial charge in [0.1, 0.15) is 12.4 Å². The second-order valence-electron chi connectivity index (χ2n) is 6.63. The van der Waals surface area contributed by atoms with Crippen LogP contribution < -0.4 is 15.0 Å². The van der Waals surface area contributed by atoms with E-state index in [9.17, 15) is 9.90 Å². The molecule has 29 heavy (non-hydrogen) atoms. The van der Waals surface area contributed by atoms with E-state index >= 15 is 0 Å². The van der Waals surface area contributed by atoms with Crippen LogP contribution in [0.15, 0.2) is 53.3 Å². The molecule has 0 spiro atoms. The predicted octanol–water partition coefficient (Wildman–Crippen LogP) is 3.59. The third-order valence-electron chi connectivity index (χ3n) is 4.65. The van der Waals surface area contributed by atoms with Crippen molar-refractivity contribution in [3.05, 3.63) is 74.6 Å². The lowest BCUT2D eigenvalue weighted by molar-refractivity contribution is 0.143. The Kier molecular flexibility index (Phi) is 5.76. The Morgan fingerprint density at radius 2 is 2.00 bits per heavy atom. The van der Waals surface area contributed by atoms with E-state index in [1.54, 1.807) is 10.6 Å². The van der Waals surface area contributed by atoms with E-state index in [-0.39, 0.29) is 24.3 Å². The first-order valence-corrected chi connectivity index (χ1v) is 9.86. The van der Waals surface area contributed by atoms with Gasteiger partial charge in [-0.25, -0.2) is 0 Å². The molecular formula is C21H18Cl2N2O4. The molecule has 6 nitrogen and oxygen atoms in total. The van der Waals surface area contributed by atoms with Crippen molar-refractivity contribution in [3.8, 4) is 22.9 Å². The molecule has 0 saturated carbocycles. The van der Waals surface area contributed by atoms with Crippen molar-refractivity contribution >= 4 is 23.2 Å². The minimum absolute atomic E-state index is 0.0486. The Morgan fingerprint density at radius 3 is 2.76 bits per heavy atom. The van der Waals surface area contributed by atoms with Crippen molar-refractivity contribution in [1.29, 1.82) is 0 Å². The number of fused-ring (bicyclic) bond motifs is 1. The number of halogens is 2. The van der Waals surface area contributed by atoms with Crippen LogP contribution in [-0.4, -0.2) is 34.0 Å². The van der Waals surface area contributed by atoms with Gasteiger partial charge in [-0.05, 0) is 23.8 Å². The normalized spacial score (nSPS) is 15.1. The Balaban J connectivity index is 1.42. The number of aliphatic hydroxyl groups is 1. The van der Waals surface area contributed by atoms with E-state index in [1.807, 2.05) is 36.4 Å². The van der Waals surface area contributed by atoms with Gasteiger partial charge in [0.05, 0.1) is 16.6 Å². The molecule has 2 heterocycles. The van der Waals surface area contributed by atoms with Crippen molar-refractivity contribution in [3.63, 3.8) is 0 Å². The molecule has 0 saturated heterocycles. The monoisotopic (exact) mass is 432 g/mol. The van der Waals surface area contributed by atoms with Crippen LogP contribution in [0, 0.1) is 0 Å². The van der Waals surface area contributed by atoms with Gasteiger partial charge >= 0.3 is 0 Å². The van der Waals surface area contributed by atoms with Gasteiger partial charge in [-0.3, -0.25) is 9.36 Å². The molecule has 150 valence electrons. The fraction of sp³-hybridized carbons (Fsp3) is 0.238. The zero-order chi connectivity index (χ0) is 20.4. The smallest absolute Gasteiger partial charge is 0.300 e. The molecule has 1 N–H and O–H groups in total. The predicted molar refractivity (Wildman–Crippen MR) is 111 cm³/mol. The van der Waals surface area contributed by atoms with E-state index in [1.165, 1.54) is 6.07 Å². The second kappa shape index (κ2) is 8.45. The van der Waals surface area contributed by atoms with E-state index in [0.29, 0.717) is 41.1 Å². The highest BCUT2D eigenvalue weighted by Gasteiger charge is 2.26. The first-order chi connectivity index (χ1) is 14.0. The zero-order valence-corrected chi connectivity index (χ0v) is 16.9. The second-order valence-corrected chi connectivity index (χ2v) is 7.41. The van der Waals surface area contributed by atoms with Crippen LogP contribution >= 0.6 is 23.2 Å². The van der Waals surface area contributed by atoms with Gasteiger partial charge in [-0.2, -0.15) is 4.98 Å². The Morgan fingerprint density at radius 1 is 1.21 bits per heavy atom. The molecule has 1 unspecified atom stereocenters. The van der Waals surface area contributed by atoms with Crippen LogP contribution in [-0.2, 0) is 13.0 Å². The van der Waals surface area contributed by atoms with Crippen molar-refractivity contribution in [1.82, 2.24) is 9.55 Å². The molecule has 1 atom stereocenters. The quantitative estimate of drug-likeness (QED) is 0.643. The van der Waals surface area contributed by atoms with E-state index in [0.717, 1.165) is 11.1 Å². The van der Waals surface area contributed by atoms with Crippen LogP contribution in [0.1, 0.15) is 5.69 Å². The number of rotatable bonds is 6. The first-order valence-electron chi connectivity index (χ1n) is 9.10. The van der Waals surface area contributed by atoms with Crippen molar-refractivity contribution in [2.75, 3.05) is 13.2 Å². The number of aromatic nitrogens is 2. The molecule has 3 aromatic rings. The Labute approximate surface area is 177 Å². The topological polar surface area (TPSA) is 73.6 Å². The van der Waals surface area contributed by atoms with E-state index < -0.39 is 0 Å². The number of aliphatic hydroxyl groups excluding tert-OH is 1. The number of benzene rings is 2. The fourth-order valence-electron chi connectivity index (χ4n) is 3.26. The Hall–Kier alpha value is -2.54. The summed E-state index contributed by atoms with van der Waals surface area (Å²) < 4.78 is 13.4. The van der Waals surface area contributed by atoms with Gasteiger partial charge < -0.3 is 14.6 Å². The molecule has 1 aromatic heterocycles. The van der Waals surface area contributed by atoms with Crippen molar-refractivity contribution in [2.24, 2.45) is 0 Å². The fourth-order valence-corrected chi connectivity index (χ4v) is 3.67. The summed E-state index contributed by atoms with van der Waals surface area (Å²) >= 11 is 12.4. The highest BCUT2D eigenvalue weighted by atomic mass is 35.5. The molecule has 0 radical (unpaired) electrons. The molecule has 1 aliphatic heterocycles. The first kappa shape index (κ1) is 19.8. The molecule has 0 fully saturated rings. The van der Waals surface area contributed by atoms with Gasteiger partial charge in [-0.15, -0.1) is 0 Å². The minimum Gasteiger partial charge on any atom is -0.490 e. The van der Waals surface area contributed by atoms with E-state index in [2.05, 4.69) is 4.98 Å². The maximum Gasteiger partial charge on any atom is 0.300 e. The molecule has 1 aliphatic rings. The van der Waals surface area contributed by atoms with Crippen molar-refractivity contribution < 1.29 is 14.6 Å². The summed E-state index contributed by atoms with van der Waals surface area (Å²) in [4.78, 5) is 15.6. The van der Waals surface area contributed by atoms with Crippen LogP contribution in [0.5, 0.6) is 11.8 Å². The molecule has 0 bridgehead atoms. The van der Waals surface area contributed by atoms with Gasteiger partial charge in [0.25, 0.3) is 11.6 Å². The minimum atomic E-state index is -0.378. The van der Waals surface area contributed by atoms with Crippen LogP contribution in [0.25, 0.3) is 11.1 Å². The lowest BCUT2D eigenvalue weighted by Crippen LogP contribution is -2.23. The highest BCUT2D eigenvalue weighted by Crippen LogP contribution is 2.34. The lowest BCUT2D eigenvalue weighted by atomic mass is 10.1. The summed E-state index contributed by atoms with van der Waals surface area (Å²) in [6, 6.07) is 14.7. The zero-order valence-electron chi connectivity index (χ0n) is 15.3.